The number of carbonyl (C=O) groups is 2. The van der Waals surface area contributed by atoms with Crippen molar-refractivity contribution < 1.29 is 14.7 Å². The second-order valence-corrected chi connectivity index (χ2v) is 7.90. The Morgan fingerprint density at radius 1 is 1.18 bits per heavy atom. The number of hydrogen-bond donors (Lipinski definition) is 4. The molecule has 5 nitrogen and oxygen atoms in total. The molecule has 7 heteroatoms. The van der Waals surface area contributed by atoms with E-state index < -0.39 is 17.9 Å². The minimum atomic E-state index is -0.946. The Labute approximate surface area is 177 Å². The van der Waals surface area contributed by atoms with Gasteiger partial charge in [0.05, 0.1) is 0 Å². The van der Waals surface area contributed by atoms with Crippen molar-refractivity contribution >= 4 is 51.2 Å². The van der Waals surface area contributed by atoms with Gasteiger partial charge in [0, 0.05) is 51.8 Å². The van der Waals surface area contributed by atoms with E-state index in [1.54, 1.807) is 18.2 Å². The van der Waals surface area contributed by atoms with Gasteiger partial charge in [-0.05, 0) is 23.8 Å². The molecule has 0 aliphatic carbocycles. The van der Waals surface area contributed by atoms with Crippen molar-refractivity contribution in [1.82, 2.24) is 10.3 Å². The summed E-state index contributed by atoms with van der Waals surface area (Å²) < 4.78 is 0.826. The summed E-state index contributed by atoms with van der Waals surface area (Å²) in [6.07, 6.45) is 2.16. The number of H-pyrrole nitrogens is 1. The molecule has 0 saturated carbocycles. The highest BCUT2D eigenvalue weighted by atomic mass is 79.9. The highest BCUT2D eigenvalue weighted by Gasteiger charge is 2.24. The minimum absolute atomic E-state index is 0.0555. The number of aliphatic carboxylic acids is 1. The molecule has 0 spiro atoms. The molecule has 3 rings (SSSR count). The first kappa shape index (κ1) is 20.6. The maximum atomic E-state index is 12.7. The standard InChI is InChI=1S/C21H21BrN2O3S/c22-16-5-3-4-13(8-16)20(25)15(12-28)11-24-19(21(26)27)9-14-10-23-18-7-2-1-6-17(14)18/h1-8,10,15,19,23-24,28H,9,11-12H2,(H,26,27)/t15?,19-/m0/s1. The summed E-state index contributed by atoms with van der Waals surface area (Å²) in [5.41, 5.74) is 2.48. The van der Waals surface area contributed by atoms with Crippen LogP contribution in [0.1, 0.15) is 15.9 Å². The zero-order valence-electron chi connectivity index (χ0n) is 15.1. The molecule has 2 aromatic carbocycles. The second-order valence-electron chi connectivity index (χ2n) is 6.62. The van der Waals surface area contributed by atoms with Crippen molar-refractivity contribution in [3.8, 4) is 0 Å². The molecule has 1 aromatic heterocycles. The maximum absolute atomic E-state index is 12.7. The fourth-order valence-corrected chi connectivity index (χ4v) is 3.86. The topological polar surface area (TPSA) is 82.2 Å². The van der Waals surface area contributed by atoms with Crippen LogP contribution in [0.2, 0.25) is 0 Å². The van der Waals surface area contributed by atoms with Crippen LogP contribution in [-0.2, 0) is 11.2 Å². The van der Waals surface area contributed by atoms with Gasteiger partial charge in [-0.1, -0.05) is 46.3 Å². The van der Waals surface area contributed by atoms with Gasteiger partial charge in [-0.15, -0.1) is 0 Å². The van der Waals surface area contributed by atoms with Gasteiger partial charge in [0.1, 0.15) is 6.04 Å². The Hall–Kier alpha value is -2.09. The number of aromatic amines is 1. The molecule has 0 aliphatic rings. The second kappa shape index (κ2) is 9.41. The summed E-state index contributed by atoms with van der Waals surface area (Å²) in [5.74, 6) is -1.09. The molecule has 0 saturated heterocycles. The molecule has 0 bridgehead atoms. The third kappa shape index (κ3) is 4.84. The number of ketones is 1. The van der Waals surface area contributed by atoms with E-state index in [2.05, 4.69) is 38.9 Å². The summed E-state index contributed by atoms with van der Waals surface area (Å²) in [4.78, 5) is 27.7. The molecule has 0 amide bonds. The lowest BCUT2D eigenvalue weighted by Crippen LogP contribution is -2.42. The number of rotatable bonds is 9. The van der Waals surface area contributed by atoms with E-state index in [4.69, 9.17) is 0 Å². The van der Waals surface area contributed by atoms with Crippen LogP contribution in [0.4, 0.5) is 0 Å². The monoisotopic (exact) mass is 460 g/mol. The first-order chi connectivity index (χ1) is 13.5. The predicted molar refractivity (Wildman–Crippen MR) is 117 cm³/mol. The number of fused-ring (bicyclic) bond motifs is 1. The molecule has 146 valence electrons. The van der Waals surface area contributed by atoms with E-state index >= 15 is 0 Å². The Balaban J connectivity index is 1.70. The van der Waals surface area contributed by atoms with Crippen molar-refractivity contribution in [3.63, 3.8) is 0 Å². The lowest BCUT2D eigenvalue weighted by atomic mass is 9.98. The molecule has 3 aromatic rings. The molecule has 1 unspecified atom stereocenters. The third-order valence-corrected chi connectivity index (χ3v) is 5.64. The van der Waals surface area contributed by atoms with Crippen LogP contribution in [-0.4, -0.2) is 40.2 Å². The largest absolute Gasteiger partial charge is 0.480 e. The van der Waals surface area contributed by atoms with Crippen molar-refractivity contribution in [2.45, 2.75) is 12.5 Å². The van der Waals surface area contributed by atoms with Gasteiger partial charge in [-0.25, -0.2) is 0 Å². The van der Waals surface area contributed by atoms with Gasteiger partial charge in [-0.2, -0.15) is 12.6 Å². The van der Waals surface area contributed by atoms with E-state index in [9.17, 15) is 14.7 Å². The van der Waals surface area contributed by atoms with E-state index in [-0.39, 0.29) is 12.3 Å². The van der Waals surface area contributed by atoms with E-state index in [0.717, 1.165) is 20.9 Å². The fourth-order valence-electron chi connectivity index (χ4n) is 3.17. The van der Waals surface area contributed by atoms with Crippen LogP contribution in [0.5, 0.6) is 0 Å². The SMILES string of the molecule is O=C(c1cccc(Br)c1)C(CS)CN[C@@H](Cc1c[nH]c2ccccc12)C(=O)O. The van der Waals surface area contributed by atoms with Gasteiger partial charge >= 0.3 is 5.97 Å². The minimum Gasteiger partial charge on any atom is -0.480 e. The molecule has 0 radical (unpaired) electrons. The number of para-hydroxylation sites is 1. The van der Waals surface area contributed by atoms with Crippen LogP contribution in [0.25, 0.3) is 10.9 Å². The zero-order chi connectivity index (χ0) is 20.1. The Morgan fingerprint density at radius 3 is 2.68 bits per heavy atom. The Kier molecular flexibility index (Phi) is 6.93. The van der Waals surface area contributed by atoms with E-state index in [0.29, 0.717) is 17.7 Å². The maximum Gasteiger partial charge on any atom is 0.321 e. The highest BCUT2D eigenvalue weighted by molar-refractivity contribution is 9.10. The van der Waals surface area contributed by atoms with Gasteiger partial charge in [0.25, 0.3) is 0 Å². The van der Waals surface area contributed by atoms with Crippen LogP contribution in [0, 0.1) is 5.92 Å². The smallest absolute Gasteiger partial charge is 0.321 e. The summed E-state index contributed by atoms with van der Waals surface area (Å²) in [6, 6.07) is 14.2. The lowest BCUT2D eigenvalue weighted by molar-refractivity contribution is -0.139. The van der Waals surface area contributed by atoms with Crippen molar-refractivity contribution in [1.29, 1.82) is 0 Å². The molecular weight excluding hydrogens is 440 g/mol. The lowest BCUT2D eigenvalue weighted by Gasteiger charge is -2.19. The van der Waals surface area contributed by atoms with Crippen molar-refractivity contribution in [3.05, 3.63) is 70.3 Å². The molecule has 28 heavy (non-hydrogen) atoms. The van der Waals surface area contributed by atoms with E-state index in [1.807, 2.05) is 36.5 Å². The third-order valence-electron chi connectivity index (χ3n) is 4.71. The number of hydrogen-bond acceptors (Lipinski definition) is 4. The average Bonchev–Trinajstić information content (AvgIpc) is 3.10. The van der Waals surface area contributed by atoms with Crippen LogP contribution in [0.15, 0.2) is 59.2 Å². The number of nitrogens with one attached hydrogen (secondary N) is 2. The van der Waals surface area contributed by atoms with Crippen LogP contribution >= 0.6 is 28.6 Å². The van der Waals surface area contributed by atoms with Gasteiger partial charge in [0.2, 0.25) is 0 Å². The van der Waals surface area contributed by atoms with Gasteiger partial charge in [0.15, 0.2) is 5.78 Å². The molecule has 0 fully saturated rings. The molecular formula is C21H21BrN2O3S. The number of carbonyl (C=O) groups excluding carboxylic acids is 1. The number of thiol groups is 1. The van der Waals surface area contributed by atoms with Gasteiger partial charge in [-0.3, -0.25) is 9.59 Å². The molecule has 2 atom stereocenters. The van der Waals surface area contributed by atoms with Gasteiger partial charge < -0.3 is 15.4 Å². The quantitative estimate of drug-likeness (QED) is 0.287. The first-order valence-electron chi connectivity index (χ1n) is 8.91. The number of halogens is 1. The van der Waals surface area contributed by atoms with Crippen molar-refractivity contribution in [2.75, 3.05) is 12.3 Å². The zero-order valence-corrected chi connectivity index (χ0v) is 17.5. The number of carboxylic acid groups (broad SMARTS) is 1. The number of carboxylic acids is 1. The normalized spacial score (nSPS) is 13.4. The van der Waals surface area contributed by atoms with E-state index in [1.165, 1.54) is 0 Å². The van der Waals surface area contributed by atoms with Crippen LogP contribution < -0.4 is 5.32 Å². The first-order valence-corrected chi connectivity index (χ1v) is 10.3. The molecule has 0 aliphatic heterocycles. The Morgan fingerprint density at radius 2 is 1.96 bits per heavy atom. The van der Waals surface area contributed by atoms with Crippen molar-refractivity contribution in [2.24, 2.45) is 5.92 Å². The Bertz CT molecular complexity index is 988. The number of benzene rings is 2. The fraction of sp³-hybridized carbons (Fsp3) is 0.238. The van der Waals surface area contributed by atoms with Crippen LogP contribution in [0.3, 0.4) is 0 Å². The summed E-state index contributed by atoms with van der Waals surface area (Å²) >= 11 is 7.67. The number of Topliss-reactive ketones (excluding diaryl/α,β-unsaturated/α-hetero) is 1. The summed E-state index contributed by atoms with van der Waals surface area (Å²) in [7, 11) is 0. The average molecular weight is 461 g/mol. The predicted octanol–water partition coefficient (Wildman–Crippen LogP) is 3.94. The summed E-state index contributed by atoms with van der Waals surface area (Å²) in [5, 5.41) is 13.7. The molecule has 1 heterocycles. The summed E-state index contributed by atoms with van der Waals surface area (Å²) in [6.45, 7) is 0.244. The number of aromatic nitrogens is 1. The molecule has 3 N–H and O–H groups in total. The highest BCUT2D eigenvalue weighted by Crippen LogP contribution is 2.20.